The highest BCUT2D eigenvalue weighted by atomic mass is 35.5. The summed E-state index contributed by atoms with van der Waals surface area (Å²) < 4.78 is 0. The second kappa shape index (κ2) is 7.24. The highest BCUT2D eigenvalue weighted by Crippen LogP contribution is 2.31. The Bertz CT molecular complexity index is 1120. The molecule has 1 amide bonds. The van der Waals surface area contributed by atoms with Crippen molar-refractivity contribution >= 4 is 57.4 Å². The van der Waals surface area contributed by atoms with E-state index >= 15 is 0 Å². The number of rotatable bonds is 3. The Morgan fingerprint density at radius 1 is 0.889 bits per heavy atom. The van der Waals surface area contributed by atoms with Crippen molar-refractivity contribution in [2.24, 2.45) is 0 Å². The van der Waals surface area contributed by atoms with Gasteiger partial charge in [0.15, 0.2) is 0 Å². The molecule has 0 unspecified atom stereocenters. The van der Waals surface area contributed by atoms with Crippen LogP contribution < -0.4 is 5.32 Å². The molecule has 0 bridgehead atoms. The first-order chi connectivity index (χ1) is 13.0. The van der Waals surface area contributed by atoms with Gasteiger partial charge in [0.05, 0.1) is 31.7 Å². The summed E-state index contributed by atoms with van der Waals surface area (Å²) in [5.74, 6) is 0.219. The first-order valence-corrected chi connectivity index (χ1v) is 9.16. The Kier molecular flexibility index (Phi) is 4.79. The number of anilines is 1. The van der Waals surface area contributed by atoms with E-state index in [0.717, 1.165) is 11.0 Å². The van der Waals surface area contributed by atoms with Crippen LogP contribution in [0.25, 0.3) is 22.4 Å². The van der Waals surface area contributed by atoms with Crippen LogP contribution in [-0.4, -0.2) is 15.9 Å². The SMILES string of the molecule is O=C(Nc1ccc(Cl)c(-c2nc3ccccc3[nH]2)c1)c1c(Cl)cccc1Cl. The number of amides is 1. The number of H-pyrrole nitrogens is 1. The van der Waals surface area contributed by atoms with Crippen LogP contribution in [0.5, 0.6) is 0 Å². The number of fused-ring (bicyclic) bond motifs is 1. The summed E-state index contributed by atoms with van der Waals surface area (Å²) in [6.07, 6.45) is 0. The third-order valence-electron chi connectivity index (χ3n) is 4.06. The highest BCUT2D eigenvalue weighted by molar-refractivity contribution is 6.40. The van der Waals surface area contributed by atoms with Crippen molar-refractivity contribution in [3.63, 3.8) is 0 Å². The summed E-state index contributed by atoms with van der Waals surface area (Å²) in [5, 5.41) is 3.89. The number of halogens is 3. The Balaban J connectivity index is 1.69. The molecule has 4 aromatic rings. The standard InChI is InChI=1S/C20H12Cl3N3O/c21-13-9-8-11(24-20(27)18-14(22)4-3-5-15(18)23)10-12(13)19-25-16-6-1-2-7-17(16)26-19/h1-10H,(H,24,27)(H,25,26). The largest absolute Gasteiger partial charge is 0.338 e. The number of hydrogen-bond acceptors (Lipinski definition) is 2. The van der Waals surface area contributed by atoms with E-state index < -0.39 is 5.91 Å². The van der Waals surface area contributed by atoms with Crippen LogP contribution in [0.15, 0.2) is 60.7 Å². The smallest absolute Gasteiger partial charge is 0.258 e. The molecular weight excluding hydrogens is 405 g/mol. The Hall–Kier alpha value is -2.53. The second-order valence-electron chi connectivity index (χ2n) is 5.85. The molecule has 134 valence electrons. The molecule has 1 heterocycles. The van der Waals surface area contributed by atoms with Gasteiger partial charge in [0, 0.05) is 11.3 Å². The van der Waals surface area contributed by atoms with Gasteiger partial charge >= 0.3 is 0 Å². The quantitative estimate of drug-likeness (QED) is 0.403. The van der Waals surface area contributed by atoms with Crippen LogP contribution in [0, 0.1) is 0 Å². The van der Waals surface area contributed by atoms with Crippen LogP contribution in [-0.2, 0) is 0 Å². The van der Waals surface area contributed by atoms with Gasteiger partial charge in [-0.1, -0.05) is 53.0 Å². The van der Waals surface area contributed by atoms with Gasteiger partial charge < -0.3 is 10.3 Å². The molecule has 3 aromatic carbocycles. The maximum Gasteiger partial charge on any atom is 0.258 e. The number of carbonyl (C=O) groups excluding carboxylic acids is 1. The number of benzene rings is 3. The van der Waals surface area contributed by atoms with Crippen LogP contribution in [0.3, 0.4) is 0 Å². The fraction of sp³-hybridized carbons (Fsp3) is 0. The highest BCUT2D eigenvalue weighted by Gasteiger charge is 2.16. The number of imidazole rings is 1. The lowest BCUT2D eigenvalue weighted by Gasteiger charge is -2.10. The summed E-state index contributed by atoms with van der Waals surface area (Å²) >= 11 is 18.6. The Morgan fingerprint density at radius 3 is 2.37 bits per heavy atom. The lowest BCUT2D eigenvalue weighted by molar-refractivity contribution is 0.102. The van der Waals surface area contributed by atoms with E-state index in [1.807, 2.05) is 24.3 Å². The monoisotopic (exact) mass is 415 g/mol. The molecule has 7 heteroatoms. The zero-order chi connectivity index (χ0) is 19.0. The normalized spacial score (nSPS) is 10.9. The van der Waals surface area contributed by atoms with E-state index in [4.69, 9.17) is 34.8 Å². The predicted molar refractivity (Wildman–Crippen MR) is 111 cm³/mol. The van der Waals surface area contributed by atoms with Gasteiger partial charge in [0.1, 0.15) is 5.82 Å². The molecular formula is C20H12Cl3N3O. The predicted octanol–water partition coefficient (Wildman–Crippen LogP) is 6.44. The van der Waals surface area contributed by atoms with Gasteiger partial charge in [0.2, 0.25) is 0 Å². The van der Waals surface area contributed by atoms with E-state index in [1.54, 1.807) is 36.4 Å². The van der Waals surface area contributed by atoms with Crippen molar-refractivity contribution < 1.29 is 4.79 Å². The van der Waals surface area contributed by atoms with Crippen molar-refractivity contribution in [2.45, 2.75) is 0 Å². The van der Waals surface area contributed by atoms with Gasteiger partial charge in [-0.15, -0.1) is 0 Å². The fourth-order valence-electron chi connectivity index (χ4n) is 2.77. The number of nitrogens with zero attached hydrogens (tertiary/aromatic N) is 1. The Morgan fingerprint density at radius 2 is 1.63 bits per heavy atom. The maximum absolute atomic E-state index is 12.6. The fourth-order valence-corrected chi connectivity index (χ4v) is 3.55. The summed E-state index contributed by atoms with van der Waals surface area (Å²) in [4.78, 5) is 20.4. The minimum atomic E-state index is -0.400. The summed E-state index contributed by atoms with van der Waals surface area (Å²) in [6.45, 7) is 0. The molecule has 0 saturated heterocycles. The van der Waals surface area contributed by atoms with E-state index in [9.17, 15) is 4.79 Å². The van der Waals surface area contributed by atoms with Crippen molar-refractivity contribution in [1.82, 2.24) is 9.97 Å². The van der Waals surface area contributed by atoms with Gasteiger partial charge in [-0.25, -0.2) is 4.98 Å². The number of aromatic nitrogens is 2. The third-order valence-corrected chi connectivity index (χ3v) is 5.02. The molecule has 0 aliphatic rings. The number of hydrogen-bond donors (Lipinski definition) is 2. The number of para-hydroxylation sites is 2. The lowest BCUT2D eigenvalue weighted by atomic mass is 10.1. The molecule has 4 nitrogen and oxygen atoms in total. The first-order valence-electron chi connectivity index (χ1n) is 8.03. The van der Waals surface area contributed by atoms with Crippen molar-refractivity contribution in [1.29, 1.82) is 0 Å². The number of carbonyl (C=O) groups is 1. The van der Waals surface area contributed by atoms with Crippen molar-refractivity contribution in [3.05, 3.63) is 81.3 Å². The molecule has 27 heavy (non-hydrogen) atoms. The Labute approximate surface area is 170 Å². The topological polar surface area (TPSA) is 57.8 Å². The molecule has 0 saturated carbocycles. The molecule has 0 aliphatic heterocycles. The molecule has 0 aliphatic carbocycles. The molecule has 1 aromatic heterocycles. The minimum Gasteiger partial charge on any atom is -0.338 e. The van der Waals surface area contributed by atoms with Crippen molar-refractivity contribution in [3.8, 4) is 11.4 Å². The average molecular weight is 417 g/mol. The van der Waals surface area contributed by atoms with Gasteiger partial charge in [-0.05, 0) is 42.5 Å². The van der Waals surface area contributed by atoms with E-state index in [2.05, 4.69) is 15.3 Å². The molecule has 0 fully saturated rings. The zero-order valence-electron chi connectivity index (χ0n) is 13.8. The number of aromatic amines is 1. The minimum absolute atomic E-state index is 0.223. The molecule has 0 spiro atoms. The van der Waals surface area contributed by atoms with Gasteiger partial charge in [0.25, 0.3) is 5.91 Å². The molecule has 0 atom stereocenters. The first kappa shape index (κ1) is 17.9. The van der Waals surface area contributed by atoms with Crippen LogP contribution in [0.2, 0.25) is 15.1 Å². The maximum atomic E-state index is 12.6. The zero-order valence-corrected chi connectivity index (χ0v) is 16.0. The van der Waals surface area contributed by atoms with Crippen LogP contribution in [0.4, 0.5) is 5.69 Å². The van der Waals surface area contributed by atoms with Crippen LogP contribution >= 0.6 is 34.8 Å². The van der Waals surface area contributed by atoms with E-state index in [-0.39, 0.29) is 15.6 Å². The van der Waals surface area contributed by atoms with Crippen LogP contribution in [0.1, 0.15) is 10.4 Å². The summed E-state index contributed by atoms with van der Waals surface area (Å²) in [5.41, 5.74) is 3.19. The number of nitrogens with one attached hydrogen (secondary N) is 2. The second-order valence-corrected chi connectivity index (χ2v) is 7.07. The van der Waals surface area contributed by atoms with E-state index in [0.29, 0.717) is 22.1 Å². The van der Waals surface area contributed by atoms with Gasteiger partial charge in [-0.3, -0.25) is 4.79 Å². The van der Waals surface area contributed by atoms with Crippen molar-refractivity contribution in [2.75, 3.05) is 5.32 Å². The van der Waals surface area contributed by atoms with Gasteiger partial charge in [-0.2, -0.15) is 0 Å². The lowest BCUT2D eigenvalue weighted by Crippen LogP contribution is -2.13. The van der Waals surface area contributed by atoms with E-state index in [1.165, 1.54) is 0 Å². The molecule has 4 rings (SSSR count). The average Bonchev–Trinajstić information content (AvgIpc) is 3.07. The summed E-state index contributed by atoms with van der Waals surface area (Å²) in [6, 6.07) is 17.8. The molecule has 2 N–H and O–H groups in total. The summed E-state index contributed by atoms with van der Waals surface area (Å²) in [7, 11) is 0. The third kappa shape index (κ3) is 3.52. The molecule has 0 radical (unpaired) electrons.